The summed E-state index contributed by atoms with van der Waals surface area (Å²) in [6.07, 6.45) is 3.29. The second-order valence-electron chi connectivity index (χ2n) is 6.54. The molecule has 0 saturated heterocycles. The maximum atomic E-state index is 12.3. The third-order valence-corrected chi connectivity index (χ3v) is 5.15. The largest absolute Gasteiger partial charge is 0.490 e. The van der Waals surface area contributed by atoms with Crippen molar-refractivity contribution >= 4 is 40.1 Å². The van der Waals surface area contributed by atoms with E-state index in [1.165, 1.54) is 18.2 Å². The predicted molar refractivity (Wildman–Crippen MR) is 128 cm³/mol. The van der Waals surface area contributed by atoms with Gasteiger partial charge in [-0.25, -0.2) is 0 Å². The lowest BCUT2D eigenvalue weighted by atomic mass is 10.1. The van der Waals surface area contributed by atoms with Crippen LogP contribution in [0.4, 0.5) is 5.69 Å². The fraction of sp³-hybridized carbons (Fsp3) is 0.125. The summed E-state index contributed by atoms with van der Waals surface area (Å²) in [5.41, 5.74) is 2.29. The van der Waals surface area contributed by atoms with Gasteiger partial charge in [0.2, 0.25) is 0 Å². The van der Waals surface area contributed by atoms with Gasteiger partial charge < -0.3 is 9.47 Å². The van der Waals surface area contributed by atoms with Gasteiger partial charge in [-0.2, -0.15) is 0 Å². The van der Waals surface area contributed by atoms with Gasteiger partial charge in [-0.05, 0) is 71.0 Å². The van der Waals surface area contributed by atoms with Gasteiger partial charge in [-0.15, -0.1) is 0 Å². The van der Waals surface area contributed by atoms with Gasteiger partial charge in [0.25, 0.3) is 5.69 Å². The average Bonchev–Trinajstić information content (AvgIpc) is 2.78. The van der Waals surface area contributed by atoms with E-state index in [1.807, 2.05) is 37.3 Å². The van der Waals surface area contributed by atoms with Crippen LogP contribution < -0.4 is 9.47 Å². The first-order chi connectivity index (χ1) is 15.0. The summed E-state index contributed by atoms with van der Waals surface area (Å²) >= 11 is 2.16. The van der Waals surface area contributed by atoms with E-state index in [2.05, 4.69) is 22.6 Å². The SMILES string of the molecule is CCOc1cc(/C=C/C(=O)c2ccccc2)cc(I)c1OCc1ccc([N+](=O)[O-])cc1. The minimum Gasteiger partial charge on any atom is -0.490 e. The van der Waals surface area contributed by atoms with Crippen molar-refractivity contribution in [3.8, 4) is 11.5 Å². The van der Waals surface area contributed by atoms with Gasteiger partial charge in [-0.1, -0.05) is 36.4 Å². The summed E-state index contributed by atoms with van der Waals surface area (Å²) in [5, 5.41) is 10.8. The molecule has 0 atom stereocenters. The average molecular weight is 529 g/mol. The van der Waals surface area contributed by atoms with E-state index in [4.69, 9.17) is 9.47 Å². The Morgan fingerprint density at radius 3 is 2.42 bits per heavy atom. The molecule has 0 amide bonds. The second kappa shape index (κ2) is 10.7. The molecule has 0 fully saturated rings. The van der Waals surface area contributed by atoms with Gasteiger partial charge in [0.15, 0.2) is 17.3 Å². The van der Waals surface area contributed by atoms with Crippen LogP contribution in [0.1, 0.15) is 28.4 Å². The van der Waals surface area contributed by atoms with Gasteiger partial charge in [0, 0.05) is 17.7 Å². The molecule has 0 aromatic heterocycles. The van der Waals surface area contributed by atoms with Gasteiger partial charge in [0.05, 0.1) is 15.1 Å². The Balaban J connectivity index is 1.77. The Kier molecular flexibility index (Phi) is 7.77. The molecule has 3 aromatic rings. The van der Waals surface area contributed by atoms with E-state index in [0.717, 1.165) is 14.7 Å². The zero-order chi connectivity index (χ0) is 22.2. The molecule has 0 bridgehead atoms. The van der Waals surface area contributed by atoms with E-state index in [1.54, 1.807) is 30.3 Å². The normalized spacial score (nSPS) is 10.8. The number of nitrogens with zero attached hydrogens (tertiary/aromatic N) is 1. The molecule has 3 aromatic carbocycles. The highest BCUT2D eigenvalue weighted by molar-refractivity contribution is 14.1. The molecule has 0 aliphatic carbocycles. The maximum Gasteiger partial charge on any atom is 0.269 e. The van der Waals surface area contributed by atoms with Crippen molar-refractivity contribution < 1.29 is 19.2 Å². The van der Waals surface area contributed by atoms with Crippen molar-refractivity contribution in [1.29, 1.82) is 0 Å². The van der Waals surface area contributed by atoms with Crippen molar-refractivity contribution in [1.82, 2.24) is 0 Å². The molecule has 0 aliphatic heterocycles. The van der Waals surface area contributed by atoms with Crippen molar-refractivity contribution in [3.63, 3.8) is 0 Å². The summed E-state index contributed by atoms with van der Waals surface area (Å²) in [5.74, 6) is 1.09. The highest BCUT2D eigenvalue weighted by Gasteiger charge is 2.13. The summed E-state index contributed by atoms with van der Waals surface area (Å²) in [6, 6.07) is 19.0. The predicted octanol–water partition coefficient (Wildman–Crippen LogP) is 6.07. The number of carbonyl (C=O) groups excluding carboxylic acids is 1. The molecule has 7 heteroatoms. The van der Waals surface area contributed by atoms with Crippen LogP contribution in [-0.2, 0) is 6.61 Å². The lowest BCUT2D eigenvalue weighted by Gasteiger charge is -2.15. The molecule has 0 N–H and O–H groups in total. The number of carbonyl (C=O) groups is 1. The molecule has 0 saturated carbocycles. The minimum absolute atomic E-state index is 0.0366. The topological polar surface area (TPSA) is 78.7 Å². The number of benzene rings is 3. The minimum atomic E-state index is -0.435. The molecule has 31 heavy (non-hydrogen) atoms. The van der Waals surface area contributed by atoms with Gasteiger partial charge in [0.1, 0.15) is 6.61 Å². The van der Waals surface area contributed by atoms with Crippen LogP contribution in [0, 0.1) is 13.7 Å². The highest BCUT2D eigenvalue weighted by Crippen LogP contribution is 2.35. The number of nitro benzene ring substituents is 1. The third-order valence-electron chi connectivity index (χ3n) is 4.35. The standard InChI is InChI=1S/C24H20INO5/c1-2-30-23-15-18(10-13-22(27)19-6-4-3-5-7-19)14-21(25)24(23)31-16-17-8-11-20(12-9-17)26(28)29/h3-15H,2,16H2,1H3/b13-10+. The molecule has 0 radical (unpaired) electrons. The Labute approximate surface area is 193 Å². The fourth-order valence-electron chi connectivity index (χ4n) is 2.83. The van der Waals surface area contributed by atoms with E-state index in [0.29, 0.717) is 23.7 Å². The number of nitro groups is 1. The van der Waals surface area contributed by atoms with E-state index in [9.17, 15) is 14.9 Å². The molecular formula is C24H20INO5. The van der Waals surface area contributed by atoms with E-state index < -0.39 is 4.92 Å². The Morgan fingerprint density at radius 1 is 1.06 bits per heavy atom. The van der Waals surface area contributed by atoms with Crippen LogP contribution in [0.3, 0.4) is 0 Å². The Hall–Kier alpha value is -3.20. The number of rotatable bonds is 9. The zero-order valence-corrected chi connectivity index (χ0v) is 18.9. The highest BCUT2D eigenvalue weighted by atomic mass is 127. The van der Waals surface area contributed by atoms with Crippen molar-refractivity contribution in [2.75, 3.05) is 6.61 Å². The number of non-ortho nitro benzene ring substituents is 1. The van der Waals surface area contributed by atoms with Crippen LogP contribution in [0.2, 0.25) is 0 Å². The zero-order valence-electron chi connectivity index (χ0n) is 16.8. The Bertz CT molecular complexity index is 1090. The van der Waals surface area contributed by atoms with Gasteiger partial charge in [-0.3, -0.25) is 14.9 Å². The van der Waals surface area contributed by atoms with E-state index in [-0.39, 0.29) is 18.1 Å². The number of hydrogen-bond acceptors (Lipinski definition) is 5. The van der Waals surface area contributed by atoms with Crippen LogP contribution in [0.5, 0.6) is 11.5 Å². The summed E-state index contributed by atoms with van der Waals surface area (Å²) < 4.78 is 12.5. The monoisotopic (exact) mass is 529 g/mol. The second-order valence-corrected chi connectivity index (χ2v) is 7.70. The first-order valence-corrected chi connectivity index (χ1v) is 10.7. The maximum absolute atomic E-state index is 12.3. The van der Waals surface area contributed by atoms with E-state index >= 15 is 0 Å². The molecule has 0 unspecified atom stereocenters. The number of allylic oxidation sites excluding steroid dienone is 1. The molecular weight excluding hydrogens is 509 g/mol. The summed E-state index contributed by atoms with van der Waals surface area (Å²) in [7, 11) is 0. The van der Waals surface area contributed by atoms with Crippen molar-refractivity contribution in [2.45, 2.75) is 13.5 Å². The summed E-state index contributed by atoms with van der Waals surface area (Å²) in [6.45, 7) is 2.59. The Morgan fingerprint density at radius 2 is 1.77 bits per heavy atom. The lowest BCUT2D eigenvalue weighted by Crippen LogP contribution is -2.02. The third kappa shape index (κ3) is 6.14. The lowest BCUT2D eigenvalue weighted by molar-refractivity contribution is -0.384. The van der Waals surface area contributed by atoms with Crippen LogP contribution in [0.25, 0.3) is 6.08 Å². The van der Waals surface area contributed by atoms with Gasteiger partial charge >= 0.3 is 0 Å². The number of ether oxygens (including phenoxy) is 2. The summed E-state index contributed by atoms with van der Waals surface area (Å²) in [4.78, 5) is 22.7. The molecule has 0 heterocycles. The quantitative estimate of drug-likeness (QED) is 0.111. The van der Waals surface area contributed by atoms with Crippen LogP contribution >= 0.6 is 22.6 Å². The molecule has 0 spiro atoms. The number of ketones is 1. The number of halogens is 1. The molecule has 3 rings (SSSR count). The molecule has 158 valence electrons. The van der Waals surface area contributed by atoms with Crippen molar-refractivity contribution in [2.24, 2.45) is 0 Å². The fourth-order valence-corrected chi connectivity index (χ4v) is 3.61. The van der Waals surface area contributed by atoms with Crippen LogP contribution in [0.15, 0.2) is 72.8 Å². The van der Waals surface area contributed by atoms with Crippen molar-refractivity contribution in [3.05, 3.63) is 103 Å². The molecule has 6 nitrogen and oxygen atoms in total. The smallest absolute Gasteiger partial charge is 0.269 e. The first-order valence-electron chi connectivity index (χ1n) is 9.58. The molecule has 0 aliphatic rings. The number of hydrogen-bond donors (Lipinski definition) is 0. The van der Waals surface area contributed by atoms with Crippen LogP contribution in [-0.4, -0.2) is 17.3 Å². The first kappa shape index (κ1) is 22.5.